The van der Waals surface area contributed by atoms with Gasteiger partial charge in [0.2, 0.25) is 0 Å². The van der Waals surface area contributed by atoms with Crippen molar-refractivity contribution < 1.29 is 9.32 Å². The summed E-state index contributed by atoms with van der Waals surface area (Å²) in [5.74, 6) is 0.00618. The normalized spacial score (nSPS) is 17.5. The van der Waals surface area contributed by atoms with E-state index in [2.05, 4.69) is 42.5 Å². The number of benzene rings is 4. The van der Waals surface area contributed by atoms with E-state index in [0.29, 0.717) is 12.1 Å². The Morgan fingerprint density at radius 1 is 0.677 bits per heavy atom. The number of hydrogen-bond donors (Lipinski definition) is 0. The molecule has 5 rings (SSSR count). The monoisotopic (exact) mass is 425 g/mol. The van der Waals surface area contributed by atoms with Gasteiger partial charge in [0.1, 0.15) is 0 Å². The predicted octanol–water partition coefficient (Wildman–Crippen LogP) is 4.65. The Balaban J connectivity index is 1.93. The Hall–Kier alpha value is -3.26. The summed E-state index contributed by atoms with van der Waals surface area (Å²) in [6.45, 7) is -3.28. The quantitative estimate of drug-likeness (QED) is 0.436. The molecular weight excluding hydrogens is 401 g/mol. The minimum atomic E-state index is -3.74. The second-order valence-electron chi connectivity index (χ2n) is 7.71. The predicted molar refractivity (Wildman–Crippen MR) is 128 cm³/mol. The molecule has 0 atom stereocenters. The molecule has 0 unspecified atom stereocenters. The van der Waals surface area contributed by atoms with E-state index >= 15 is 0 Å². The molecule has 1 aliphatic heterocycles. The third kappa shape index (κ3) is 2.57. The van der Waals surface area contributed by atoms with Gasteiger partial charge in [0.05, 0.1) is 0 Å². The molecule has 0 fully saturated rings. The molecule has 4 aromatic rings. The number of nitrogens with zero attached hydrogens (tertiary/aromatic N) is 1. The number of carbonyl (C=O) groups is 1. The van der Waals surface area contributed by atoms with Crippen LogP contribution in [0, 0.1) is 0 Å². The van der Waals surface area contributed by atoms with Gasteiger partial charge in [-0.05, 0) is 0 Å². The summed E-state index contributed by atoms with van der Waals surface area (Å²) < 4.78 is 8.79. The van der Waals surface area contributed by atoms with Crippen molar-refractivity contribution in [2.45, 2.75) is 6.54 Å². The van der Waals surface area contributed by atoms with Crippen molar-refractivity contribution in [2.75, 3.05) is 7.11 Å². The van der Waals surface area contributed by atoms with Crippen molar-refractivity contribution in [3.05, 3.63) is 126 Å². The zero-order valence-electron chi connectivity index (χ0n) is 17.4. The van der Waals surface area contributed by atoms with Crippen molar-refractivity contribution in [3.8, 4) is 0 Å². The molecule has 154 valence electrons. The second kappa shape index (κ2) is 7.46. The summed E-state index contributed by atoms with van der Waals surface area (Å²) in [5, 5.41) is 3.02. The number of carbonyl (C=O) groups excluding carboxylic acids is 1. The van der Waals surface area contributed by atoms with Crippen LogP contribution in [-0.4, -0.2) is 17.7 Å². The van der Waals surface area contributed by atoms with E-state index in [0.717, 1.165) is 21.5 Å². The average molecular weight is 425 g/mol. The maximum absolute atomic E-state index is 14.0. The number of hydrogen-bond acceptors (Lipinski definition) is 2. The van der Waals surface area contributed by atoms with Crippen LogP contribution >= 0.6 is 6.98 Å². The van der Waals surface area contributed by atoms with Crippen LogP contribution < -0.4 is 15.9 Å². The van der Waals surface area contributed by atoms with Crippen LogP contribution in [0.25, 0.3) is 0 Å². The van der Waals surface area contributed by atoms with E-state index in [1.165, 1.54) is 0 Å². The zero-order valence-corrected chi connectivity index (χ0v) is 18.3. The standard InChI is InChI=1S/C27H24NO2P/c1-30-31(23-15-7-3-8-16-23,24-17-9-4-10-18-24)26-20-12-11-19-25(26)27(29)28(31)21-22-13-5-2-6-14-22/h2-20H,21H2,1H3. The van der Waals surface area contributed by atoms with Crippen molar-refractivity contribution in [3.63, 3.8) is 0 Å². The molecule has 0 spiro atoms. The van der Waals surface area contributed by atoms with Crippen LogP contribution in [0.4, 0.5) is 0 Å². The fourth-order valence-electron chi connectivity index (χ4n) is 4.94. The third-order valence-electron chi connectivity index (χ3n) is 6.28. The first-order chi connectivity index (χ1) is 15.2. The van der Waals surface area contributed by atoms with E-state index in [1.807, 2.05) is 77.5 Å². The van der Waals surface area contributed by atoms with Crippen LogP contribution in [0.5, 0.6) is 0 Å². The first kappa shape index (κ1) is 19.7. The van der Waals surface area contributed by atoms with Crippen molar-refractivity contribution in [1.29, 1.82) is 0 Å². The van der Waals surface area contributed by atoms with E-state index in [9.17, 15) is 4.79 Å². The molecule has 0 bridgehead atoms. The van der Waals surface area contributed by atoms with Gasteiger partial charge in [-0.2, -0.15) is 0 Å². The van der Waals surface area contributed by atoms with Gasteiger partial charge in [-0.25, -0.2) is 0 Å². The molecule has 0 saturated heterocycles. The van der Waals surface area contributed by atoms with E-state index in [4.69, 9.17) is 4.52 Å². The Morgan fingerprint density at radius 3 is 1.71 bits per heavy atom. The van der Waals surface area contributed by atoms with E-state index in [1.54, 1.807) is 7.11 Å². The van der Waals surface area contributed by atoms with E-state index < -0.39 is 6.98 Å². The van der Waals surface area contributed by atoms with Crippen LogP contribution in [0.3, 0.4) is 0 Å². The summed E-state index contributed by atoms with van der Waals surface area (Å²) in [7, 11) is 1.76. The summed E-state index contributed by atoms with van der Waals surface area (Å²) >= 11 is 0. The molecular formula is C27H24NO2P. The molecule has 4 heteroatoms. The Morgan fingerprint density at radius 2 is 1.16 bits per heavy atom. The minimum absolute atomic E-state index is 0.00618. The molecule has 3 nitrogen and oxygen atoms in total. The first-order valence-corrected chi connectivity index (χ1v) is 12.5. The summed E-state index contributed by atoms with van der Waals surface area (Å²) in [4.78, 5) is 14.0. The number of amides is 1. The fourth-order valence-corrected chi connectivity index (χ4v) is 10.8. The van der Waals surface area contributed by atoms with Crippen LogP contribution in [0.1, 0.15) is 15.9 Å². The van der Waals surface area contributed by atoms with Gasteiger partial charge >= 0.3 is 183 Å². The van der Waals surface area contributed by atoms with Gasteiger partial charge in [0.15, 0.2) is 0 Å². The molecule has 0 N–H and O–H groups in total. The summed E-state index contributed by atoms with van der Waals surface area (Å²) in [5.41, 5.74) is 1.78. The van der Waals surface area contributed by atoms with Gasteiger partial charge in [-0.15, -0.1) is 0 Å². The van der Waals surface area contributed by atoms with Gasteiger partial charge in [-0.3, -0.25) is 0 Å². The molecule has 1 amide bonds. The van der Waals surface area contributed by atoms with Crippen molar-refractivity contribution >= 4 is 28.8 Å². The van der Waals surface area contributed by atoms with Gasteiger partial charge in [0.25, 0.3) is 0 Å². The number of rotatable bonds is 5. The third-order valence-corrected chi connectivity index (χ3v) is 12.0. The molecule has 0 aromatic heterocycles. The second-order valence-corrected chi connectivity index (χ2v) is 12.1. The maximum atomic E-state index is 14.0. The summed E-state index contributed by atoms with van der Waals surface area (Å²) in [6.07, 6.45) is 0. The number of fused-ring (bicyclic) bond motifs is 1. The van der Waals surface area contributed by atoms with Crippen LogP contribution in [0.2, 0.25) is 0 Å². The molecule has 1 aliphatic rings. The molecule has 0 radical (unpaired) electrons. The fraction of sp³-hybridized carbons (Fsp3) is 0.0741. The molecule has 1 heterocycles. The van der Waals surface area contributed by atoms with Crippen LogP contribution in [0.15, 0.2) is 115 Å². The SMILES string of the molecule is COP1(c2ccccc2)(c2ccccc2)c2ccccc2C(=O)N1Cc1ccccc1. The zero-order chi connectivity index (χ0) is 21.3. The Kier molecular flexibility index (Phi) is 4.74. The Labute approximate surface area is 183 Å². The van der Waals surface area contributed by atoms with Gasteiger partial charge in [0, 0.05) is 0 Å². The topological polar surface area (TPSA) is 29.5 Å². The van der Waals surface area contributed by atoms with Crippen molar-refractivity contribution in [2.24, 2.45) is 0 Å². The Bertz CT molecular complexity index is 1190. The van der Waals surface area contributed by atoms with E-state index in [-0.39, 0.29) is 5.91 Å². The molecule has 0 aliphatic carbocycles. The van der Waals surface area contributed by atoms with Crippen LogP contribution in [-0.2, 0) is 11.1 Å². The van der Waals surface area contributed by atoms with Crippen molar-refractivity contribution in [1.82, 2.24) is 4.67 Å². The van der Waals surface area contributed by atoms with Gasteiger partial charge < -0.3 is 0 Å². The first-order valence-electron chi connectivity index (χ1n) is 10.4. The molecule has 0 saturated carbocycles. The summed E-state index contributed by atoms with van der Waals surface area (Å²) in [6, 6.07) is 38.6. The van der Waals surface area contributed by atoms with Gasteiger partial charge in [-0.1, -0.05) is 0 Å². The molecule has 4 aromatic carbocycles. The average Bonchev–Trinajstić information content (AvgIpc) is 3.07. The molecule has 31 heavy (non-hydrogen) atoms.